The van der Waals surface area contributed by atoms with Crippen molar-refractivity contribution in [3.63, 3.8) is 0 Å². The fourth-order valence-corrected chi connectivity index (χ4v) is 3.22. The SMILES string of the molecule is O=[N+]([O-])c1ccc(S(=O)(=O)O)c(Nc2ccc(I)cc2Cl)c1. The zero-order chi connectivity index (χ0) is 16.5. The van der Waals surface area contributed by atoms with Crippen LogP contribution in [0.4, 0.5) is 17.1 Å². The van der Waals surface area contributed by atoms with Crippen molar-refractivity contribution in [2.24, 2.45) is 0 Å². The zero-order valence-corrected chi connectivity index (χ0v) is 14.4. The van der Waals surface area contributed by atoms with Crippen LogP contribution in [0.2, 0.25) is 5.02 Å². The third-order valence-electron chi connectivity index (χ3n) is 2.65. The summed E-state index contributed by atoms with van der Waals surface area (Å²) in [5, 5.41) is 13.8. The Morgan fingerprint density at radius 1 is 1.18 bits per heavy atom. The predicted molar refractivity (Wildman–Crippen MR) is 90.4 cm³/mol. The highest BCUT2D eigenvalue weighted by molar-refractivity contribution is 14.1. The van der Waals surface area contributed by atoms with E-state index in [1.807, 2.05) is 22.6 Å². The minimum absolute atomic E-state index is 0.139. The third kappa shape index (κ3) is 3.85. The van der Waals surface area contributed by atoms with Gasteiger partial charge in [0.15, 0.2) is 0 Å². The smallest absolute Gasteiger partial charge is 0.296 e. The summed E-state index contributed by atoms with van der Waals surface area (Å²) in [5.41, 5.74) is -0.108. The molecule has 0 radical (unpaired) electrons. The van der Waals surface area contributed by atoms with Gasteiger partial charge in [-0.1, -0.05) is 11.6 Å². The largest absolute Gasteiger partial charge is 0.353 e. The Bertz CT molecular complexity index is 857. The quantitative estimate of drug-likeness (QED) is 0.314. The number of nitrogens with zero attached hydrogens (tertiary/aromatic N) is 1. The fourth-order valence-electron chi connectivity index (χ4n) is 1.69. The van der Waals surface area contributed by atoms with Crippen LogP contribution in [0.5, 0.6) is 0 Å². The molecule has 0 aromatic heterocycles. The van der Waals surface area contributed by atoms with Gasteiger partial charge in [-0.15, -0.1) is 0 Å². The first kappa shape index (κ1) is 16.9. The lowest BCUT2D eigenvalue weighted by molar-refractivity contribution is -0.384. The average molecular weight is 455 g/mol. The molecular formula is C12H8ClIN2O5S. The number of benzene rings is 2. The molecule has 0 spiro atoms. The number of non-ortho nitro benzene ring substituents is 1. The summed E-state index contributed by atoms with van der Waals surface area (Å²) in [4.78, 5) is 9.67. The van der Waals surface area contributed by atoms with E-state index < -0.39 is 19.9 Å². The van der Waals surface area contributed by atoms with Gasteiger partial charge >= 0.3 is 0 Å². The van der Waals surface area contributed by atoms with E-state index in [9.17, 15) is 23.1 Å². The molecule has 2 aromatic rings. The van der Waals surface area contributed by atoms with E-state index in [0.717, 1.165) is 21.8 Å². The van der Waals surface area contributed by atoms with E-state index in [1.54, 1.807) is 18.2 Å². The van der Waals surface area contributed by atoms with E-state index in [0.29, 0.717) is 10.7 Å². The molecule has 0 atom stereocenters. The van der Waals surface area contributed by atoms with Gasteiger partial charge in [0.1, 0.15) is 4.90 Å². The second-order valence-electron chi connectivity index (χ2n) is 4.16. The number of nitro benzene ring substituents is 1. The molecule has 0 unspecified atom stereocenters. The summed E-state index contributed by atoms with van der Waals surface area (Å²) < 4.78 is 32.8. The minimum Gasteiger partial charge on any atom is -0.353 e. The van der Waals surface area contributed by atoms with Crippen molar-refractivity contribution in [1.82, 2.24) is 0 Å². The highest BCUT2D eigenvalue weighted by Crippen LogP contribution is 2.32. The molecule has 0 saturated heterocycles. The fraction of sp³-hybridized carbons (Fsp3) is 0. The van der Waals surface area contributed by atoms with Crippen LogP contribution in [0.15, 0.2) is 41.3 Å². The standard InChI is InChI=1S/C12H8ClIN2O5S/c13-9-5-7(14)1-3-10(9)15-11-6-8(16(17)18)2-4-12(11)22(19,20)21/h1-6,15H,(H,19,20,21). The summed E-state index contributed by atoms with van der Waals surface area (Å²) in [6, 6.07) is 7.91. The number of hydrogen-bond donors (Lipinski definition) is 2. The van der Waals surface area contributed by atoms with Crippen LogP contribution in [0.3, 0.4) is 0 Å². The van der Waals surface area contributed by atoms with E-state index >= 15 is 0 Å². The van der Waals surface area contributed by atoms with Crippen LogP contribution < -0.4 is 5.32 Å². The first-order valence-corrected chi connectivity index (χ1v) is 8.56. The van der Waals surface area contributed by atoms with Crippen molar-refractivity contribution in [2.75, 3.05) is 5.32 Å². The predicted octanol–water partition coefficient (Wildman–Crippen LogP) is 3.84. The van der Waals surface area contributed by atoms with E-state index in [-0.39, 0.29) is 11.4 Å². The van der Waals surface area contributed by atoms with Crippen LogP contribution >= 0.6 is 34.2 Å². The molecule has 116 valence electrons. The Morgan fingerprint density at radius 3 is 2.41 bits per heavy atom. The van der Waals surface area contributed by atoms with Crippen molar-refractivity contribution in [3.05, 3.63) is 55.1 Å². The Hall–Kier alpha value is -1.43. The minimum atomic E-state index is -4.55. The molecular weight excluding hydrogens is 447 g/mol. The first-order valence-electron chi connectivity index (χ1n) is 5.66. The molecule has 2 N–H and O–H groups in total. The number of nitrogens with one attached hydrogen (secondary N) is 1. The molecule has 0 aliphatic heterocycles. The van der Waals surface area contributed by atoms with E-state index in [4.69, 9.17) is 11.6 Å². The molecule has 0 amide bonds. The van der Waals surface area contributed by atoms with Gasteiger partial charge in [0, 0.05) is 15.7 Å². The normalized spacial score (nSPS) is 11.2. The number of rotatable bonds is 4. The zero-order valence-electron chi connectivity index (χ0n) is 10.7. The third-order valence-corrected chi connectivity index (χ3v) is 4.55. The van der Waals surface area contributed by atoms with Gasteiger partial charge in [0.05, 0.1) is 21.3 Å². The van der Waals surface area contributed by atoms with E-state index in [2.05, 4.69) is 5.32 Å². The second kappa shape index (κ2) is 6.36. The topological polar surface area (TPSA) is 110 Å². The highest BCUT2D eigenvalue weighted by atomic mass is 127. The van der Waals surface area contributed by atoms with Gasteiger partial charge in [0.25, 0.3) is 15.8 Å². The molecule has 0 heterocycles. The van der Waals surface area contributed by atoms with Gasteiger partial charge < -0.3 is 5.32 Å². The second-order valence-corrected chi connectivity index (χ2v) is 7.20. The van der Waals surface area contributed by atoms with Crippen LogP contribution in [-0.4, -0.2) is 17.9 Å². The summed E-state index contributed by atoms with van der Waals surface area (Å²) >= 11 is 8.08. The van der Waals surface area contributed by atoms with Crippen molar-refractivity contribution < 1.29 is 17.9 Å². The molecule has 0 saturated carbocycles. The lowest BCUT2D eigenvalue weighted by atomic mass is 10.2. The summed E-state index contributed by atoms with van der Waals surface area (Å²) in [6.07, 6.45) is 0. The number of halogens is 2. The number of anilines is 2. The molecule has 0 aliphatic carbocycles. The van der Waals surface area contributed by atoms with Crippen molar-refractivity contribution in [2.45, 2.75) is 4.90 Å². The Morgan fingerprint density at radius 2 is 1.86 bits per heavy atom. The van der Waals surface area contributed by atoms with Gasteiger partial charge in [0.2, 0.25) is 0 Å². The molecule has 2 aromatic carbocycles. The summed E-state index contributed by atoms with van der Waals surface area (Å²) in [5.74, 6) is 0. The molecule has 0 bridgehead atoms. The van der Waals surface area contributed by atoms with Crippen LogP contribution in [-0.2, 0) is 10.1 Å². The van der Waals surface area contributed by atoms with Crippen molar-refractivity contribution in [3.8, 4) is 0 Å². The maximum absolute atomic E-state index is 11.4. The summed E-state index contributed by atoms with van der Waals surface area (Å²) in [7, 11) is -4.55. The maximum Gasteiger partial charge on any atom is 0.296 e. The number of nitro groups is 1. The Balaban J connectivity index is 2.56. The molecule has 7 nitrogen and oxygen atoms in total. The molecule has 2 rings (SSSR count). The van der Waals surface area contributed by atoms with Crippen molar-refractivity contribution >= 4 is 61.4 Å². The summed E-state index contributed by atoms with van der Waals surface area (Å²) in [6.45, 7) is 0. The van der Waals surface area contributed by atoms with Gasteiger partial charge in [-0.25, -0.2) is 0 Å². The highest BCUT2D eigenvalue weighted by Gasteiger charge is 2.20. The lowest BCUT2D eigenvalue weighted by Gasteiger charge is -2.11. The van der Waals surface area contributed by atoms with Gasteiger partial charge in [-0.3, -0.25) is 14.7 Å². The van der Waals surface area contributed by atoms with Crippen LogP contribution in [0, 0.1) is 13.7 Å². The lowest BCUT2D eigenvalue weighted by Crippen LogP contribution is -2.04. The molecule has 0 fully saturated rings. The Labute approximate surface area is 144 Å². The van der Waals surface area contributed by atoms with E-state index in [1.165, 1.54) is 0 Å². The average Bonchev–Trinajstić information content (AvgIpc) is 2.40. The van der Waals surface area contributed by atoms with Crippen LogP contribution in [0.1, 0.15) is 0 Å². The first-order chi connectivity index (χ1) is 10.2. The Kier molecular flexibility index (Phi) is 4.90. The molecule has 0 aliphatic rings. The maximum atomic E-state index is 11.4. The number of hydrogen-bond acceptors (Lipinski definition) is 5. The van der Waals surface area contributed by atoms with Gasteiger partial charge in [-0.05, 0) is 46.9 Å². The van der Waals surface area contributed by atoms with Crippen molar-refractivity contribution in [1.29, 1.82) is 0 Å². The van der Waals surface area contributed by atoms with Crippen LogP contribution in [0.25, 0.3) is 0 Å². The molecule has 10 heteroatoms. The molecule has 22 heavy (non-hydrogen) atoms. The monoisotopic (exact) mass is 454 g/mol. The van der Waals surface area contributed by atoms with Gasteiger partial charge in [-0.2, -0.15) is 8.42 Å².